The number of carbonyl (C=O) groups is 3. The predicted molar refractivity (Wildman–Crippen MR) is 192 cm³/mol. The van der Waals surface area contributed by atoms with Crippen LogP contribution in [0.5, 0.6) is 0 Å². The Bertz CT molecular complexity index is 1290. The van der Waals surface area contributed by atoms with E-state index in [9.17, 15) is 23.7 Å². The Morgan fingerprint density at radius 2 is 1.60 bits per heavy atom. The average Bonchev–Trinajstić information content (AvgIpc) is 3.01. The van der Waals surface area contributed by atoms with E-state index in [2.05, 4.69) is 33.3 Å². The van der Waals surface area contributed by atoms with E-state index in [0.717, 1.165) is 12.0 Å². The number of amides is 3. The monoisotopic (exact) mass is 725 g/mol. The standard InChI is InChI=1S/C35H59N5O9S/c1-22-21-27(46-10)23(2)24(3)29(22)50(45)49-40-31(39-33(44)48-35(7,8)9)37-19-14-17-26(38-32(43)47-34(4,5)6)28(41)30(42)36-20-18-25-15-12-11-13-16-25/h11-13,15-16,22-24,26-29,41H,14,17-21H2,1-10H3,(H,36,42)(H,38,43)(H2,37,39,40,44). The molecule has 0 saturated heterocycles. The fraction of sp³-hybridized carbons (Fsp3) is 0.714. The van der Waals surface area contributed by atoms with Gasteiger partial charge in [-0.3, -0.25) is 15.1 Å². The summed E-state index contributed by atoms with van der Waals surface area (Å²) in [4.78, 5) is 42.5. The van der Waals surface area contributed by atoms with Gasteiger partial charge in [-0.15, -0.1) is 0 Å². The van der Waals surface area contributed by atoms with Crippen LogP contribution in [0.15, 0.2) is 35.3 Å². The van der Waals surface area contributed by atoms with Crippen molar-refractivity contribution in [3.8, 4) is 0 Å². The summed E-state index contributed by atoms with van der Waals surface area (Å²) in [7, 11) is 1.68. The van der Waals surface area contributed by atoms with Crippen LogP contribution in [-0.4, -0.2) is 88.3 Å². The van der Waals surface area contributed by atoms with E-state index in [1.165, 1.54) is 0 Å². The largest absolute Gasteiger partial charge is 0.444 e. The second-order valence-corrected chi connectivity index (χ2v) is 16.1. The number of aliphatic imine (C=N–C) groups is 1. The highest BCUT2D eigenvalue weighted by molar-refractivity contribution is 7.80. The zero-order chi connectivity index (χ0) is 37.6. The SMILES string of the molecule is COC1CC(C)C(S(=O)ONC(=NCCCC(NC(=O)OC(C)(C)C)C(O)C(=O)NCCc2ccccc2)NC(=O)OC(C)(C)C)C(C)C1C. The van der Waals surface area contributed by atoms with Crippen LogP contribution in [-0.2, 0) is 40.8 Å². The molecule has 8 atom stereocenters. The molecule has 1 saturated carbocycles. The molecule has 1 fully saturated rings. The first-order chi connectivity index (χ1) is 23.3. The smallest absolute Gasteiger partial charge is 0.414 e. The van der Waals surface area contributed by atoms with Gasteiger partial charge in [0.25, 0.3) is 5.91 Å². The molecule has 5 N–H and O–H groups in total. The number of hydrogen-bond acceptors (Lipinski definition) is 10. The van der Waals surface area contributed by atoms with Gasteiger partial charge in [0.05, 0.1) is 17.4 Å². The van der Waals surface area contributed by atoms with Crippen molar-refractivity contribution < 1.29 is 42.2 Å². The van der Waals surface area contributed by atoms with Gasteiger partial charge in [0.1, 0.15) is 11.2 Å². The van der Waals surface area contributed by atoms with Crippen LogP contribution in [0.25, 0.3) is 0 Å². The van der Waals surface area contributed by atoms with Gasteiger partial charge in [-0.05, 0) is 90.5 Å². The molecule has 3 amide bonds. The Morgan fingerprint density at radius 3 is 2.20 bits per heavy atom. The normalized spacial score (nSPS) is 23.2. The lowest BCUT2D eigenvalue weighted by molar-refractivity contribution is -0.130. The summed E-state index contributed by atoms with van der Waals surface area (Å²) in [5.74, 6) is -0.549. The molecule has 14 nitrogen and oxygen atoms in total. The van der Waals surface area contributed by atoms with Crippen molar-refractivity contribution in [2.75, 3.05) is 20.2 Å². The number of aliphatic hydroxyl groups excluding tert-OH is 1. The molecule has 50 heavy (non-hydrogen) atoms. The van der Waals surface area contributed by atoms with Crippen molar-refractivity contribution in [1.82, 2.24) is 21.4 Å². The molecule has 0 spiro atoms. The van der Waals surface area contributed by atoms with Crippen LogP contribution in [0.4, 0.5) is 9.59 Å². The number of ether oxygens (including phenoxy) is 3. The van der Waals surface area contributed by atoms with Crippen molar-refractivity contribution in [3.05, 3.63) is 35.9 Å². The number of nitrogens with one attached hydrogen (secondary N) is 4. The number of benzene rings is 1. The summed E-state index contributed by atoms with van der Waals surface area (Å²) in [6.07, 6.45) is -1.44. The lowest BCUT2D eigenvalue weighted by atomic mass is 9.74. The molecule has 15 heteroatoms. The third-order valence-electron chi connectivity index (χ3n) is 8.31. The minimum atomic E-state index is -1.79. The Labute approximate surface area is 299 Å². The highest BCUT2D eigenvalue weighted by Gasteiger charge is 2.42. The van der Waals surface area contributed by atoms with Crippen molar-refractivity contribution in [2.45, 2.75) is 123 Å². The molecule has 8 unspecified atom stereocenters. The van der Waals surface area contributed by atoms with E-state index >= 15 is 0 Å². The van der Waals surface area contributed by atoms with Crippen LogP contribution in [0.3, 0.4) is 0 Å². The third-order valence-corrected chi connectivity index (χ3v) is 9.90. The maximum atomic E-state index is 13.4. The maximum absolute atomic E-state index is 13.4. The van der Waals surface area contributed by atoms with Crippen LogP contribution >= 0.6 is 0 Å². The summed E-state index contributed by atoms with van der Waals surface area (Å²) in [6.45, 7) is 16.7. The second kappa shape index (κ2) is 19.9. The van der Waals surface area contributed by atoms with Gasteiger partial charge in [-0.25, -0.2) is 19.3 Å². The first kappa shape index (κ1) is 42.9. The molecule has 2 rings (SSSR count). The first-order valence-corrected chi connectivity index (χ1v) is 18.4. The van der Waals surface area contributed by atoms with Gasteiger partial charge in [0.2, 0.25) is 5.96 Å². The first-order valence-electron chi connectivity index (χ1n) is 17.2. The average molecular weight is 726 g/mol. The third kappa shape index (κ3) is 15.3. The molecule has 1 aliphatic rings. The number of rotatable bonds is 14. The molecule has 1 aromatic carbocycles. The molecule has 284 valence electrons. The lowest BCUT2D eigenvalue weighted by Crippen LogP contribution is -2.51. The van der Waals surface area contributed by atoms with E-state index in [1.54, 1.807) is 48.7 Å². The quantitative estimate of drug-likeness (QED) is 0.0808. The van der Waals surface area contributed by atoms with E-state index in [1.807, 2.05) is 44.2 Å². The highest BCUT2D eigenvalue weighted by atomic mass is 32.2. The van der Waals surface area contributed by atoms with E-state index in [0.29, 0.717) is 13.0 Å². The number of alkyl carbamates (subject to hydrolysis) is 2. The van der Waals surface area contributed by atoms with Crippen LogP contribution < -0.4 is 21.4 Å². The van der Waals surface area contributed by atoms with Crippen molar-refractivity contribution in [3.63, 3.8) is 0 Å². The summed E-state index contributed by atoms with van der Waals surface area (Å²) >= 11 is -1.79. The minimum absolute atomic E-state index is 0.0295. The number of hydrogen-bond donors (Lipinski definition) is 5. The Morgan fingerprint density at radius 1 is 0.980 bits per heavy atom. The molecule has 0 aromatic heterocycles. The summed E-state index contributed by atoms with van der Waals surface area (Å²) < 4.78 is 35.3. The lowest BCUT2D eigenvalue weighted by Gasteiger charge is -2.41. The molecular formula is C35H59N5O9S. The van der Waals surface area contributed by atoms with Crippen molar-refractivity contribution >= 4 is 35.1 Å². The number of aliphatic hydroxyl groups is 1. The zero-order valence-corrected chi connectivity index (χ0v) is 32.1. The summed E-state index contributed by atoms with van der Waals surface area (Å²) in [6, 6.07) is 8.57. The van der Waals surface area contributed by atoms with Crippen LogP contribution in [0.1, 0.15) is 87.1 Å². The van der Waals surface area contributed by atoms with Gasteiger partial charge < -0.3 is 30.0 Å². The predicted octanol–water partition coefficient (Wildman–Crippen LogP) is 4.14. The van der Waals surface area contributed by atoms with E-state index in [4.69, 9.17) is 18.5 Å². The van der Waals surface area contributed by atoms with Crippen molar-refractivity contribution in [2.24, 2.45) is 22.7 Å². The molecule has 0 aliphatic heterocycles. The molecule has 0 heterocycles. The van der Waals surface area contributed by atoms with Gasteiger partial charge in [0.15, 0.2) is 17.2 Å². The highest BCUT2D eigenvalue weighted by Crippen LogP contribution is 2.38. The summed E-state index contributed by atoms with van der Waals surface area (Å²) in [5, 5.41) is 18.5. The van der Waals surface area contributed by atoms with Crippen molar-refractivity contribution in [1.29, 1.82) is 0 Å². The Kier molecular flexibility index (Phi) is 17.1. The zero-order valence-electron chi connectivity index (χ0n) is 31.2. The fourth-order valence-corrected chi connectivity index (χ4v) is 7.07. The number of guanidine groups is 1. The van der Waals surface area contributed by atoms with Gasteiger partial charge in [-0.2, -0.15) is 4.28 Å². The topological polar surface area (TPSA) is 186 Å². The van der Waals surface area contributed by atoms with Gasteiger partial charge >= 0.3 is 12.2 Å². The van der Waals surface area contributed by atoms with Crippen LogP contribution in [0, 0.1) is 17.8 Å². The van der Waals surface area contributed by atoms with Gasteiger partial charge in [-0.1, -0.05) is 51.1 Å². The van der Waals surface area contributed by atoms with E-state index < -0.39 is 52.5 Å². The molecular weight excluding hydrogens is 666 g/mol. The molecule has 0 radical (unpaired) electrons. The maximum Gasteiger partial charge on any atom is 0.414 e. The molecule has 1 aromatic rings. The van der Waals surface area contributed by atoms with Gasteiger partial charge in [0, 0.05) is 20.2 Å². The van der Waals surface area contributed by atoms with E-state index in [-0.39, 0.29) is 54.5 Å². The molecule has 0 bridgehead atoms. The number of methoxy groups -OCH3 is 1. The number of carbonyl (C=O) groups excluding carboxylic acids is 3. The van der Waals surface area contributed by atoms with Crippen LogP contribution in [0.2, 0.25) is 0 Å². The molecule has 1 aliphatic carbocycles. The fourth-order valence-electron chi connectivity index (χ4n) is 5.71. The number of hydroxylamine groups is 1. The Hall–Kier alpha value is -3.27. The Balaban J connectivity index is 2.12. The second-order valence-electron chi connectivity index (χ2n) is 14.8. The summed E-state index contributed by atoms with van der Waals surface area (Å²) in [5.41, 5.74) is 1.98. The minimum Gasteiger partial charge on any atom is -0.444 e. The number of nitrogens with zero attached hydrogens (tertiary/aromatic N) is 1.